The molecule has 3 N–H and O–H groups in total. The van der Waals surface area contributed by atoms with E-state index in [0.29, 0.717) is 6.54 Å². The summed E-state index contributed by atoms with van der Waals surface area (Å²) in [5.41, 5.74) is 2.61. The maximum absolute atomic E-state index is 13.3. The van der Waals surface area contributed by atoms with Crippen molar-refractivity contribution in [3.05, 3.63) is 65.7 Å². The highest BCUT2D eigenvalue weighted by atomic mass is 16.3. The number of aliphatic hydroxyl groups excluding tert-OH is 1. The van der Waals surface area contributed by atoms with Gasteiger partial charge in [0.15, 0.2) is 0 Å². The monoisotopic (exact) mass is 364 g/mol. The third-order valence-electron chi connectivity index (χ3n) is 6.48. The Hall–Kier alpha value is -2.17. The smallest absolute Gasteiger partial charge is 0.235 e. The lowest BCUT2D eigenvalue weighted by Gasteiger charge is -2.45. The summed E-state index contributed by atoms with van der Waals surface area (Å²) in [7, 11) is 1.86. The molecule has 1 aliphatic carbocycles. The zero-order valence-corrected chi connectivity index (χ0v) is 15.8. The van der Waals surface area contributed by atoms with Gasteiger partial charge in [0.05, 0.1) is 11.5 Å². The van der Waals surface area contributed by atoms with Crippen molar-refractivity contribution in [1.82, 2.24) is 5.32 Å². The molecule has 4 heteroatoms. The highest BCUT2D eigenvalue weighted by Gasteiger charge is 2.56. The molecular formula is C23H28N2O2. The number of rotatable bonds is 5. The molecule has 1 aliphatic heterocycles. The van der Waals surface area contributed by atoms with Gasteiger partial charge in [0.1, 0.15) is 0 Å². The molecule has 2 unspecified atom stereocenters. The van der Waals surface area contributed by atoms with Crippen LogP contribution in [0.25, 0.3) is 0 Å². The summed E-state index contributed by atoms with van der Waals surface area (Å²) in [4.78, 5) is 13.3. The Kier molecular flexibility index (Phi) is 5.02. The summed E-state index contributed by atoms with van der Waals surface area (Å²) >= 11 is 0. The second kappa shape index (κ2) is 7.45. The molecule has 0 radical (unpaired) electrons. The van der Waals surface area contributed by atoms with E-state index >= 15 is 0 Å². The molecular weight excluding hydrogens is 336 g/mol. The number of fused-ring (bicyclic) bond motifs is 2. The fourth-order valence-electron chi connectivity index (χ4n) is 5.37. The summed E-state index contributed by atoms with van der Waals surface area (Å²) in [6, 6.07) is 18.3. The van der Waals surface area contributed by atoms with E-state index < -0.39 is 11.5 Å². The second-order valence-electron chi connectivity index (χ2n) is 7.88. The van der Waals surface area contributed by atoms with E-state index in [1.807, 2.05) is 43.4 Å². The first-order chi connectivity index (χ1) is 13.2. The molecule has 4 rings (SSSR count). The molecule has 2 aromatic carbocycles. The number of benzene rings is 2. The first-order valence-electron chi connectivity index (χ1n) is 9.97. The molecule has 2 aromatic rings. The Balaban J connectivity index is 1.84. The number of amides is 1. The van der Waals surface area contributed by atoms with Crippen molar-refractivity contribution in [2.75, 3.05) is 18.9 Å². The van der Waals surface area contributed by atoms with Crippen molar-refractivity contribution in [3.63, 3.8) is 0 Å². The zero-order valence-electron chi connectivity index (χ0n) is 15.8. The number of hydrogen-bond acceptors (Lipinski definition) is 3. The average molecular weight is 364 g/mol. The summed E-state index contributed by atoms with van der Waals surface area (Å²) in [6.45, 7) is 0.509. The van der Waals surface area contributed by atoms with Gasteiger partial charge in [0.2, 0.25) is 5.91 Å². The van der Waals surface area contributed by atoms with Crippen LogP contribution in [0.15, 0.2) is 54.6 Å². The largest absolute Gasteiger partial charge is 0.391 e. The number of aliphatic hydroxyl groups is 1. The van der Waals surface area contributed by atoms with Crippen LogP contribution in [-0.2, 0) is 10.2 Å². The lowest BCUT2D eigenvalue weighted by atomic mass is 9.57. The topological polar surface area (TPSA) is 61.4 Å². The van der Waals surface area contributed by atoms with E-state index in [-0.39, 0.29) is 17.7 Å². The molecule has 0 aromatic heterocycles. The van der Waals surface area contributed by atoms with Gasteiger partial charge in [-0.3, -0.25) is 4.79 Å². The van der Waals surface area contributed by atoms with E-state index in [1.165, 1.54) is 0 Å². The number of anilines is 1. The van der Waals surface area contributed by atoms with Gasteiger partial charge < -0.3 is 15.7 Å². The summed E-state index contributed by atoms with van der Waals surface area (Å²) in [5, 5.41) is 17.3. The summed E-state index contributed by atoms with van der Waals surface area (Å²) < 4.78 is 0. The average Bonchev–Trinajstić information content (AvgIpc) is 2.97. The standard InChI is InChI=1S/C23H28N2O2/c1-24-15-20(26)21(16-9-3-2-4-10-16)18-12-7-8-14-23(18)17-11-5-6-13-19(17)25-22(23)27/h2-6,9-11,13,18,20-21,24,26H,7-8,12,14-15H2,1H3,(H,25,27)/t18?,20-,21+,23?/m0/s1. The van der Waals surface area contributed by atoms with Crippen LogP contribution in [0.5, 0.6) is 0 Å². The van der Waals surface area contributed by atoms with Crippen LogP contribution in [0.2, 0.25) is 0 Å². The molecule has 1 fully saturated rings. The van der Waals surface area contributed by atoms with Crippen molar-refractivity contribution < 1.29 is 9.90 Å². The van der Waals surface area contributed by atoms with Crippen molar-refractivity contribution in [2.24, 2.45) is 5.92 Å². The van der Waals surface area contributed by atoms with Crippen molar-refractivity contribution in [2.45, 2.75) is 43.1 Å². The lowest BCUT2D eigenvalue weighted by molar-refractivity contribution is -0.125. The van der Waals surface area contributed by atoms with Crippen molar-refractivity contribution in [1.29, 1.82) is 0 Å². The van der Waals surface area contributed by atoms with Gasteiger partial charge in [-0.25, -0.2) is 0 Å². The van der Waals surface area contributed by atoms with Gasteiger partial charge in [-0.05, 0) is 43.0 Å². The van der Waals surface area contributed by atoms with E-state index in [0.717, 1.165) is 42.5 Å². The summed E-state index contributed by atoms with van der Waals surface area (Å²) in [6.07, 6.45) is 3.38. The highest BCUT2D eigenvalue weighted by Crippen LogP contribution is 2.55. The molecule has 1 saturated carbocycles. The Labute approximate surface area is 161 Å². The number of hydrogen-bond donors (Lipinski definition) is 3. The fourth-order valence-corrected chi connectivity index (χ4v) is 5.37. The second-order valence-corrected chi connectivity index (χ2v) is 7.88. The van der Waals surface area contributed by atoms with Crippen molar-refractivity contribution >= 4 is 11.6 Å². The van der Waals surface area contributed by atoms with Crippen LogP contribution in [0.3, 0.4) is 0 Å². The van der Waals surface area contributed by atoms with Gasteiger partial charge in [0.25, 0.3) is 0 Å². The fraction of sp³-hybridized carbons (Fsp3) is 0.435. The minimum Gasteiger partial charge on any atom is -0.391 e. The van der Waals surface area contributed by atoms with Crippen LogP contribution in [0, 0.1) is 5.92 Å². The third-order valence-corrected chi connectivity index (χ3v) is 6.48. The van der Waals surface area contributed by atoms with Gasteiger partial charge in [-0.2, -0.15) is 0 Å². The van der Waals surface area contributed by atoms with Crippen LogP contribution in [0.1, 0.15) is 42.7 Å². The van der Waals surface area contributed by atoms with Gasteiger partial charge in [0, 0.05) is 18.2 Å². The number of carbonyl (C=O) groups is 1. The quantitative estimate of drug-likeness (QED) is 0.762. The lowest BCUT2D eigenvalue weighted by Crippen LogP contribution is -2.49. The van der Waals surface area contributed by atoms with Gasteiger partial charge in [-0.15, -0.1) is 0 Å². The first-order valence-corrected chi connectivity index (χ1v) is 9.97. The number of likely N-dealkylation sites (N-methyl/N-ethyl adjacent to an activating group) is 1. The molecule has 0 bridgehead atoms. The maximum atomic E-state index is 13.3. The molecule has 0 saturated heterocycles. The molecule has 1 amide bonds. The molecule has 142 valence electrons. The zero-order chi connectivity index (χ0) is 18.9. The SMILES string of the molecule is CNC[C@H](O)[C@H](c1ccccc1)C1CCCCC12C(=O)Nc1ccccc12. The van der Waals surface area contributed by atoms with E-state index in [2.05, 4.69) is 28.8 Å². The van der Waals surface area contributed by atoms with E-state index in [9.17, 15) is 9.90 Å². The number of para-hydroxylation sites is 1. The number of carbonyl (C=O) groups excluding carboxylic acids is 1. The van der Waals surface area contributed by atoms with E-state index in [4.69, 9.17) is 0 Å². The number of nitrogens with one attached hydrogen (secondary N) is 2. The normalized spacial score (nSPS) is 26.4. The molecule has 2 aliphatic rings. The minimum absolute atomic E-state index is 0.0700. The Morgan fingerprint density at radius 1 is 1.15 bits per heavy atom. The predicted molar refractivity (Wildman–Crippen MR) is 108 cm³/mol. The minimum atomic E-state index is -0.552. The Bertz CT molecular complexity index is 807. The van der Waals surface area contributed by atoms with Crippen LogP contribution in [0.4, 0.5) is 5.69 Å². The molecule has 1 heterocycles. The van der Waals surface area contributed by atoms with Crippen LogP contribution in [-0.4, -0.2) is 30.7 Å². The van der Waals surface area contributed by atoms with Gasteiger partial charge in [-0.1, -0.05) is 61.4 Å². The molecule has 4 nitrogen and oxygen atoms in total. The molecule has 27 heavy (non-hydrogen) atoms. The highest BCUT2D eigenvalue weighted by molar-refractivity contribution is 6.06. The Morgan fingerprint density at radius 2 is 1.89 bits per heavy atom. The van der Waals surface area contributed by atoms with E-state index in [1.54, 1.807) is 0 Å². The maximum Gasteiger partial charge on any atom is 0.235 e. The van der Waals surface area contributed by atoms with Crippen molar-refractivity contribution in [3.8, 4) is 0 Å². The first kappa shape index (κ1) is 18.2. The Morgan fingerprint density at radius 3 is 2.67 bits per heavy atom. The molecule has 4 atom stereocenters. The summed E-state index contributed by atoms with van der Waals surface area (Å²) in [5.74, 6) is 0.0856. The van der Waals surface area contributed by atoms with Gasteiger partial charge >= 0.3 is 0 Å². The molecule has 1 spiro atoms. The van der Waals surface area contributed by atoms with Crippen LogP contribution >= 0.6 is 0 Å². The third kappa shape index (κ3) is 2.97. The van der Waals surface area contributed by atoms with Crippen LogP contribution < -0.4 is 10.6 Å². The predicted octanol–water partition coefficient (Wildman–Crippen LogP) is 3.43.